The fraction of sp³-hybridized carbons (Fsp3) is 0.667. The van der Waals surface area contributed by atoms with Crippen LogP contribution in [0.1, 0.15) is 78.9 Å². The number of benzene rings is 1. The molecule has 4 amide bonds. The number of hydrogen-bond acceptors (Lipinski definition) is 5. The number of ether oxygens (including phenoxy) is 1. The molecule has 2 atom stereocenters. The minimum Gasteiger partial charge on any atom is -0.444 e. The second kappa shape index (κ2) is 14.3. The standard InChI is InChI=1S/C30H48N4O5/c1-19(2)17-24(32-29(38)39-30(6,7)8)28(37)34-15-13-23(14-16-34)26(35)33-25(20(3)4)27(36)31-18-22-11-9-21(5)10-12-22/h9-12,19-20,23-25H,13-18H2,1-8H3,(H,31,36)(H,32,38)(H,33,35). The van der Waals surface area contributed by atoms with Crippen molar-refractivity contribution in [3.8, 4) is 0 Å². The Morgan fingerprint density at radius 3 is 2.08 bits per heavy atom. The van der Waals surface area contributed by atoms with Gasteiger partial charge in [0.1, 0.15) is 17.7 Å². The van der Waals surface area contributed by atoms with Crippen LogP contribution in [0.5, 0.6) is 0 Å². The van der Waals surface area contributed by atoms with Crippen molar-refractivity contribution < 1.29 is 23.9 Å². The molecule has 0 saturated carbocycles. The van der Waals surface area contributed by atoms with Gasteiger partial charge in [-0.05, 0) is 64.4 Å². The molecule has 9 nitrogen and oxygen atoms in total. The highest BCUT2D eigenvalue weighted by Gasteiger charge is 2.34. The smallest absolute Gasteiger partial charge is 0.408 e. The highest BCUT2D eigenvalue weighted by atomic mass is 16.6. The molecule has 218 valence electrons. The van der Waals surface area contributed by atoms with E-state index in [0.717, 1.165) is 11.1 Å². The van der Waals surface area contributed by atoms with Gasteiger partial charge < -0.3 is 25.6 Å². The lowest BCUT2D eigenvalue weighted by Gasteiger charge is -2.35. The Morgan fingerprint density at radius 2 is 1.56 bits per heavy atom. The van der Waals surface area contributed by atoms with Crippen LogP contribution in [0.25, 0.3) is 0 Å². The van der Waals surface area contributed by atoms with Crippen molar-refractivity contribution in [1.82, 2.24) is 20.9 Å². The molecule has 0 aromatic heterocycles. The molecule has 0 aliphatic carbocycles. The van der Waals surface area contributed by atoms with Crippen molar-refractivity contribution in [3.63, 3.8) is 0 Å². The number of carbonyl (C=O) groups is 4. The van der Waals surface area contributed by atoms with Crippen LogP contribution in [0.4, 0.5) is 4.79 Å². The van der Waals surface area contributed by atoms with Gasteiger partial charge in [-0.3, -0.25) is 14.4 Å². The van der Waals surface area contributed by atoms with Crippen LogP contribution in [-0.2, 0) is 25.7 Å². The summed E-state index contributed by atoms with van der Waals surface area (Å²) < 4.78 is 5.35. The van der Waals surface area contributed by atoms with Gasteiger partial charge in [0.2, 0.25) is 17.7 Å². The molecular weight excluding hydrogens is 496 g/mol. The SMILES string of the molecule is Cc1ccc(CNC(=O)C(NC(=O)C2CCN(C(=O)C(CC(C)C)NC(=O)OC(C)(C)C)CC2)C(C)C)cc1. The summed E-state index contributed by atoms with van der Waals surface area (Å²) in [5, 5.41) is 8.62. The van der Waals surface area contributed by atoms with Crippen LogP contribution in [-0.4, -0.2) is 59.5 Å². The van der Waals surface area contributed by atoms with Gasteiger partial charge in [0.05, 0.1) is 0 Å². The number of likely N-dealkylation sites (tertiary alicyclic amines) is 1. The van der Waals surface area contributed by atoms with E-state index in [9.17, 15) is 19.2 Å². The summed E-state index contributed by atoms with van der Waals surface area (Å²) in [7, 11) is 0. The third-order valence-corrected chi connectivity index (χ3v) is 6.71. The quantitative estimate of drug-likeness (QED) is 0.413. The molecule has 1 saturated heterocycles. The molecule has 3 N–H and O–H groups in total. The normalized spacial score (nSPS) is 16.0. The molecule has 1 aromatic rings. The van der Waals surface area contributed by atoms with E-state index in [1.807, 2.05) is 58.9 Å². The first-order chi connectivity index (χ1) is 18.2. The summed E-state index contributed by atoms with van der Waals surface area (Å²) >= 11 is 0. The van der Waals surface area contributed by atoms with Crippen LogP contribution >= 0.6 is 0 Å². The number of carbonyl (C=O) groups excluding carboxylic acids is 4. The zero-order valence-corrected chi connectivity index (χ0v) is 24.9. The first-order valence-corrected chi connectivity index (χ1v) is 14.1. The molecule has 0 radical (unpaired) electrons. The van der Waals surface area contributed by atoms with E-state index in [-0.39, 0.29) is 35.5 Å². The van der Waals surface area contributed by atoms with E-state index < -0.39 is 23.8 Å². The van der Waals surface area contributed by atoms with E-state index in [1.165, 1.54) is 0 Å². The van der Waals surface area contributed by atoms with Gasteiger partial charge in [0.25, 0.3) is 0 Å². The molecule has 0 bridgehead atoms. The highest BCUT2D eigenvalue weighted by Crippen LogP contribution is 2.20. The third-order valence-electron chi connectivity index (χ3n) is 6.71. The van der Waals surface area contributed by atoms with E-state index in [0.29, 0.717) is 38.9 Å². The molecule has 39 heavy (non-hydrogen) atoms. The van der Waals surface area contributed by atoms with Crippen molar-refractivity contribution in [2.75, 3.05) is 13.1 Å². The molecule has 1 aliphatic rings. The summed E-state index contributed by atoms with van der Waals surface area (Å²) in [6.07, 6.45) is 0.866. The molecule has 2 rings (SSSR count). The molecule has 2 unspecified atom stereocenters. The number of piperidine rings is 1. The second-order valence-electron chi connectivity index (χ2n) is 12.4. The summed E-state index contributed by atoms with van der Waals surface area (Å²) in [6, 6.07) is 6.62. The van der Waals surface area contributed by atoms with Crippen LogP contribution < -0.4 is 16.0 Å². The Labute approximate surface area is 233 Å². The Hall–Kier alpha value is -3.10. The van der Waals surface area contributed by atoms with Crippen LogP contribution in [0.2, 0.25) is 0 Å². The lowest BCUT2D eigenvalue weighted by Crippen LogP contribution is -2.54. The van der Waals surface area contributed by atoms with Gasteiger partial charge in [-0.2, -0.15) is 0 Å². The van der Waals surface area contributed by atoms with Gasteiger partial charge in [-0.25, -0.2) is 4.79 Å². The minimum atomic E-state index is -0.687. The highest BCUT2D eigenvalue weighted by molar-refractivity contribution is 5.89. The maximum Gasteiger partial charge on any atom is 0.408 e. The summed E-state index contributed by atoms with van der Waals surface area (Å²) in [5.74, 6) is -0.716. The second-order valence-corrected chi connectivity index (χ2v) is 12.4. The van der Waals surface area contributed by atoms with Gasteiger partial charge in [-0.1, -0.05) is 57.5 Å². The summed E-state index contributed by atoms with van der Waals surface area (Å²) in [6.45, 7) is 16.4. The fourth-order valence-corrected chi connectivity index (χ4v) is 4.54. The molecule has 9 heteroatoms. The Balaban J connectivity index is 1.92. The number of rotatable bonds is 10. The van der Waals surface area contributed by atoms with Crippen molar-refractivity contribution in [3.05, 3.63) is 35.4 Å². The van der Waals surface area contributed by atoms with Gasteiger partial charge in [0, 0.05) is 25.6 Å². The summed E-state index contributed by atoms with van der Waals surface area (Å²) in [5.41, 5.74) is 1.49. The number of aryl methyl sites for hydroxylation is 1. The molecule has 1 aliphatic heterocycles. The number of hydrogen-bond donors (Lipinski definition) is 3. The first kappa shape index (κ1) is 32.1. The molecule has 1 fully saturated rings. The van der Waals surface area contributed by atoms with E-state index in [2.05, 4.69) is 16.0 Å². The largest absolute Gasteiger partial charge is 0.444 e. The van der Waals surface area contributed by atoms with Crippen molar-refractivity contribution in [2.24, 2.45) is 17.8 Å². The van der Waals surface area contributed by atoms with E-state index in [1.54, 1.807) is 25.7 Å². The van der Waals surface area contributed by atoms with Crippen molar-refractivity contribution >= 4 is 23.8 Å². The Kier molecular flexibility index (Phi) is 11.8. The zero-order valence-electron chi connectivity index (χ0n) is 24.9. The van der Waals surface area contributed by atoms with Crippen molar-refractivity contribution in [1.29, 1.82) is 0 Å². The molecular formula is C30H48N4O5. The topological polar surface area (TPSA) is 117 Å². The molecule has 1 aromatic carbocycles. The maximum atomic E-state index is 13.3. The Morgan fingerprint density at radius 1 is 0.974 bits per heavy atom. The fourth-order valence-electron chi connectivity index (χ4n) is 4.54. The number of amides is 4. The summed E-state index contributed by atoms with van der Waals surface area (Å²) in [4.78, 5) is 53.3. The zero-order chi connectivity index (χ0) is 29.3. The first-order valence-electron chi connectivity index (χ1n) is 14.1. The lowest BCUT2D eigenvalue weighted by atomic mass is 9.93. The Bertz CT molecular complexity index is 976. The predicted molar refractivity (Wildman–Crippen MR) is 152 cm³/mol. The number of nitrogens with one attached hydrogen (secondary N) is 3. The van der Waals surface area contributed by atoms with Gasteiger partial charge >= 0.3 is 6.09 Å². The predicted octanol–water partition coefficient (Wildman–Crippen LogP) is 3.93. The molecule has 0 spiro atoms. The minimum absolute atomic E-state index is 0.0793. The lowest BCUT2D eigenvalue weighted by molar-refractivity contribution is -0.138. The van der Waals surface area contributed by atoms with Gasteiger partial charge in [-0.15, -0.1) is 0 Å². The van der Waals surface area contributed by atoms with E-state index >= 15 is 0 Å². The monoisotopic (exact) mass is 544 g/mol. The maximum absolute atomic E-state index is 13.3. The number of alkyl carbamates (subject to hydrolysis) is 1. The average Bonchev–Trinajstić information content (AvgIpc) is 2.84. The van der Waals surface area contributed by atoms with Crippen LogP contribution in [0, 0.1) is 24.7 Å². The van der Waals surface area contributed by atoms with E-state index in [4.69, 9.17) is 4.74 Å². The van der Waals surface area contributed by atoms with Gasteiger partial charge in [0.15, 0.2) is 0 Å². The molecule has 1 heterocycles. The third kappa shape index (κ3) is 10.9. The van der Waals surface area contributed by atoms with Crippen molar-refractivity contribution in [2.45, 2.75) is 98.9 Å². The van der Waals surface area contributed by atoms with Crippen LogP contribution in [0.15, 0.2) is 24.3 Å². The number of nitrogens with zero attached hydrogens (tertiary/aromatic N) is 1. The average molecular weight is 545 g/mol. The van der Waals surface area contributed by atoms with Crippen LogP contribution in [0.3, 0.4) is 0 Å².